The minimum Gasteiger partial charge on any atom is -0.480 e. The van der Waals surface area contributed by atoms with Gasteiger partial charge in [0.25, 0.3) is 5.91 Å². The standard InChI is InChI=1S/C13H16N2O2/c14-12(16)11-9-3-1-2-4-10(9)13(17-11)5-7-15-8-6-13/h1-4,10,15H,5-8H2,(H2,14,16). The lowest BCUT2D eigenvalue weighted by Gasteiger charge is -2.38. The largest absolute Gasteiger partial charge is 0.480 e. The summed E-state index contributed by atoms with van der Waals surface area (Å²) in [5.74, 6) is 0.0787. The van der Waals surface area contributed by atoms with Gasteiger partial charge in [0, 0.05) is 24.3 Å². The maximum absolute atomic E-state index is 11.4. The molecule has 1 fully saturated rings. The van der Waals surface area contributed by atoms with Gasteiger partial charge in [-0.25, -0.2) is 0 Å². The summed E-state index contributed by atoms with van der Waals surface area (Å²) in [5.41, 5.74) is 6.09. The molecule has 2 heterocycles. The number of rotatable bonds is 1. The highest BCUT2D eigenvalue weighted by Gasteiger charge is 2.49. The first kappa shape index (κ1) is 10.6. The van der Waals surface area contributed by atoms with E-state index in [0.29, 0.717) is 5.76 Å². The van der Waals surface area contributed by atoms with E-state index in [1.165, 1.54) is 0 Å². The summed E-state index contributed by atoms with van der Waals surface area (Å²) in [6.07, 6.45) is 9.84. The number of ether oxygens (including phenoxy) is 1. The smallest absolute Gasteiger partial charge is 0.284 e. The summed E-state index contributed by atoms with van der Waals surface area (Å²) >= 11 is 0. The molecule has 0 saturated carbocycles. The van der Waals surface area contributed by atoms with Crippen molar-refractivity contribution in [2.45, 2.75) is 18.4 Å². The number of nitrogens with one attached hydrogen (secondary N) is 1. The maximum atomic E-state index is 11.4. The Hall–Kier alpha value is -1.55. The molecule has 1 spiro atoms. The highest BCUT2D eigenvalue weighted by Crippen LogP contribution is 2.47. The highest BCUT2D eigenvalue weighted by atomic mass is 16.5. The zero-order chi connectivity index (χ0) is 11.9. The molecule has 1 unspecified atom stereocenters. The van der Waals surface area contributed by atoms with E-state index in [-0.39, 0.29) is 11.5 Å². The fourth-order valence-electron chi connectivity index (χ4n) is 3.00. The summed E-state index contributed by atoms with van der Waals surface area (Å²) < 4.78 is 5.96. The zero-order valence-electron chi connectivity index (χ0n) is 9.61. The number of hydrogen-bond donors (Lipinski definition) is 2. The van der Waals surface area contributed by atoms with Crippen molar-refractivity contribution < 1.29 is 9.53 Å². The van der Waals surface area contributed by atoms with Crippen LogP contribution in [0.1, 0.15) is 12.8 Å². The number of carbonyl (C=O) groups excluding carboxylic acids is 1. The normalized spacial score (nSPS) is 29.3. The topological polar surface area (TPSA) is 64.4 Å². The molecule has 4 nitrogen and oxygen atoms in total. The van der Waals surface area contributed by atoms with Crippen molar-refractivity contribution in [1.82, 2.24) is 5.32 Å². The minimum absolute atomic E-state index is 0.178. The number of carbonyl (C=O) groups is 1. The number of allylic oxidation sites excluding steroid dienone is 3. The Morgan fingerprint density at radius 2 is 2.18 bits per heavy atom. The summed E-state index contributed by atoms with van der Waals surface area (Å²) in [4.78, 5) is 11.4. The monoisotopic (exact) mass is 232 g/mol. The van der Waals surface area contributed by atoms with Crippen molar-refractivity contribution >= 4 is 5.91 Å². The average Bonchev–Trinajstić information content (AvgIpc) is 2.66. The van der Waals surface area contributed by atoms with E-state index in [4.69, 9.17) is 10.5 Å². The molecule has 90 valence electrons. The first-order valence-electron chi connectivity index (χ1n) is 6.01. The lowest BCUT2D eigenvalue weighted by molar-refractivity contribution is -0.121. The third-order valence-corrected chi connectivity index (χ3v) is 3.83. The Morgan fingerprint density at radius 1 is 1.41 bits per heavy atom. The van der Waals surface area contributed by atoms with Crippen molar-refractivity contribution in [2.24, 2.45) is 11.7 Å². The van der Waals surface area contributed by atoms with Crippen LogP contribution in [0.5, 0.6) is 0 Å². The molecule has 0 radical (unpaired) electrons. The van der Waals surface area contributed by atoms with E-state index in [1.807, 2.05) is 18.2 Å². The molecule has 1 amide bonds. The molecule has 0 aromatic carbocycles. The van der Waals surface area contributed by atoms with Gasteiger partial charge in [0.2, 0.25) is 0 Å². The number of amides is 1. The second kappa shape index (κ2) is 3.74. The second-order valence-corrected chi connectivity index (χ2v) is 4.79. The van der Waals surface area contributed by atoms with E-state index in [2.05, 4.69) is 11.4 Å². The van der Waals surface area contributed by atoms with Crippen molar-refractivity contribution in [3.8, 4) is 0 Å². The quantitative estimate of drug-likeness (QED) is 0.696. The van der Waals surface area contributed by atoms with Crippen LogP contribution in [0.25, 0.3) is 0 Å². The van der Waals surface area contributed by atoms with Gasteiger partial charge in [0.05, 0.1) is 0 Å². The van der Waals surface area contributed by atoms with Crippen LogP contribution in [0.15, 0.2) is 35.6 Å². The molecule has 4 heteroatoms. The van der Waals surface area contributed by atoms with Gasteiger partial charge in [0.15, 0.2) is 5.76 Å². The van der Waals surface area contributed by atoms with E-state index in [9.17, 15) is 4.79 Å². The molecule has 1 saturated heterocycles. The predicted octanol–water partition coefficient (Wildman–Crippen LogP) is 0.620. The van der Waals surface area contributed by atoms with Gasteiger partial charge >= 0.3 is 0 Å². The predicted molar refractivity (Wildman–Crippen MR) is 63.9 cm³/mol. The van der Waals surface area contributed by atoms with Crippen LogP contribution in [-0.4, -0.2) is 24.6 Å². The van der Waals surface area contributed by atoms with Crippen molar-refractivity contribution in [1.29, 1.82) is 0 Å². The molecule has 3 aliphatic rings. The van der Waals surface area contributed by atoms with Crippen molar-refractivity contribution in [3.63, 3.8) is 0 Å². The van der Waals surface area contributed by atoms with Crippen molar-refractivity contribution in [3.05, 3.63) is 35.6 Å². The number of fused-ring (bicyclic) bond motifs is 2. The van der Waals surface area contributed by atoms with Crippen LogP contribution >= 0.6 is 0 Å². The van der Waals surface area contributed by atoms with E-state index in [0.717, 1.165) is 31.5 Å². The van der Waals surface area contributed by atoms with Gasteiger partial charge in [-0.05, 0) is 13.1 Å². The number of primary amides is 1. The number of piperidine rings is 1. The van der Waals surface area contributed by atoms with Gasteiger partial charge in [-0.15, -0.1) is 0 Å². The SMILES string of the molecule is NC(=O)C1=C2C=CC=CC2C2(CCNCC2)O1. The van der Waals surface area contributed by atoms with Gasteiger partial charge in [-0.2, -0.15) is 0 Å². The maximum Gasteiger partial charge on any atom is 0.284 e. The van der Waals surface area contributed by atoms with Gasteiger partial charge in [-0.1, -0.05) is 24.3 Å². The molecule has 3 rings (SSSR count). The molecule has 3 N–H and O–H groups in total. The number of nitrogens with two attached hydrogens (primary N) is 1. The van der Waals surface area contributed by atoms with Crippen LogP contribution in [0.2, 0.25) is 0 Å². The van der Waals surface area contributed by atoms with Crippen LogP contribution in [-0.2, 0) is 9.53 Å². The van der Waals surface area contributed by atoms with E-state index < -0.39 is 5.91 Å². The first-order chi connectivity index (χ1) is 8.23. The average molecular weight is 232 g/mol. The van der Waals surface area contributed by atoms with Gasteiger partial charge in [-0.3, -0.25) is 4.79 Å². The van der Waals surface area contributed by atoms with Gasteiger partial charge < -0.3 is 15.8 Å². The van der Waals surface area contributed by atoms with Crippen LogP contribution < -0.4 is 11.1 Å². The summed E-state index contributed by atoms with van der Waals surface area (Å²) in [6.45, 7) is 1.85. The van der Waals surface area contributed by atoms with Crippen LogP contribution in [0.3, 0.4) is 0 Å². The second-order valence-electron chi connectivity index (χ2n) is 4.79. The fraction of sp³-hybridized carbons (Fsp3) is 0.462. The molecule has 17 heavy (non-hydrogen) atoms. The summed E-state index contributed by atoms with van der Waals surface area (Å²) in [6, 6.07) is 0. The Kier molecular flexibility index (Phi) is 2.33. The summed E-state index contributed by atoms with van der Waals surface area (Å²) in [5, 5.41) is 3.32. The summed E-state index contributed by atoms with van der Waals surface area (Å²) in [7, 11) is 0. The van der Waals surface area contributed by atoms with Crippen molar-refractivity contribution in [2.75, 3.05) is 13.1 Å². The Morgan fingerprint density at radius 3 is 2.88 bits per heavy atom. The lowest BCUT2D eigenvalue weighted by Crippen LogP contribution is -2.46. The first-order valence-corrected chi connectivity index (χ1v) is 6.01. The van der Waals surface area contributed by atoms with Crippen LogP contribution in [0.4, 0.5) is 0 Å². The molecule has 1 aliphatic carbocycles. The molecule has 1 atom stereocenters. The Labute approximate surface area is 100 Å². The fourth-order valence-corrected chi connectivity index (χ4v) is 3.00. The van der Waals surface area contributed by atoms with Gasteiger partial charge in [0.1, 0.15) is 5.60 Å². The Bertz CT molecular complexity index is 442. The molecular formula is C13H16N2O2. The van der Waals surface area contributed by atoms with E-state index >= 15 is 0 Å². The highest BCUT2D eigenvalue weighted by molar-refractivity contribution is 5.92. The molecule has 0 aromatic heterocycles. The molecule has 2 aliphatic heterocycles. The minimum atomic E-state index is -0.458. The lowest BCUT2D eigenvalue weighted by atomic mass is 9.76. The van der Waals surface area contributed by atoms with Crippen LogP contribution in [0, 0.1) is 5.92 Å². The zero-order valence-corrected chi connectivity index (χ0v) is 9.61. The third-order valence-electron chi connectivity index (χ3n) is 3.83. The third kappa shape index (κ3) is 1.52. The molecule has 0 aromatic rings. The van der Waals surface area contributed by atoms with E-state index in [1.54, 1.807) is 0 Å². The molecule has 0 bridgehead atoms. The number of hydrogen-bond acceptors (Lipinski definition) is 3. The Balaban J connectivity index is 2.00. The molecular weight excluding hydrogens is 216 g/mol.